The lowest BCUT2D eigenvalue weighted by Gasteiger charge is -2.20. The van der Waals surface area contributed by atoms with E-state index in [2.05, 4.69) is 5.32 Å². The number of hydrogen-bond donors (Lipinski definition) is 1. The molecule has 0 aromatic heterocycles. The fraction of sp³-hybridized carbons (Fsp3) is 0.500. The van der Waals surface area contributed by atoms with Gasteiger partial charge < -0.3 is 5.32 Å². The summed E-state index contributed by atoms with van der Waals surface area (Å²) in [6.07, 6.45) is 0.495. The van der Waals surface area contributed by atoms with Gasteiger partial charge in [0.25, 0.3) is 0 Å². The number of benzene rings is 1. The number of nitrogens with one attached hydrogen (secondary N) is 1. The molecule has 0 fully saturated rings. The highest BCUT2D eigenvalue weighted by molar-refractivity contribution is 5.99. The standard InChI is InChI=1S/C16H23NO2/c1-11-6-7-13(12(2)10-11)14(18)8-9-15(19)17-16(3,4)5/h6-7,10H,8-9H2,1-5H3,(H,17,19). The van der Waals surface area contributed by atoms with Crippen molar-refractivity contribution < 1.29 is 9.59 Å². The maximum atomic E-state index is 12.1. The van der Waals surface area contributed by atoms with Gasteiger partial charge >= 0.3 is 0 Å². The van der Waals surface area contributed by atoms with E-state index in [1.54, 1.807) is 0 Å². The van der Waals surface area contributed by atoms with Gasteiger partial charge in [-0.25, -0.2) is 0 Å². The van der Waals surface area contributed by atoms with Crippen LogP contribution in [-0.4, -0.2) is 17.2 Å². The first kappa shape index (κ1) is 15.4. The number of Topliss-reactive ketones (excluding diaryl/α,β-unsaturated/α-hetero) is 1. The van der Waals surface area contributed by atoms with E-state index in [0.29, 0.717) is 5.56 Å². The van der Waals surface area contributed by atoms with Crippen LogP contribution in [0, 0.1) is 13.8 Å². The molecule has 3 heteroatoms. The summed E-state index contributed by atoms with van der Waals surface area (Å²) in [6.45, 7) is 9.71. The first-order valence-corrected chi connectivity index (χ1v) is 6.60. The molecule has 0 saturated heterocycles. The summed E-state index contributed by atoms with van der Waals surface area (Å²) in [5.74, 6) is -0.0489. The Hall–Kier alpha value is -1.64. The highest BCUT2D eigenvalue weighted by atomic mass is 16.2. The fourth-order valence-corrected chi connectivity index (χ4v) is 1.97. The number of carbonyl (C=O) groups excluding carboxylic acids is 2. The van der Waals surface area contributed by atoms with E-state index in [4.69, 9.17) is 0 Å². The zero-order valence-corrected chi connectivity index (χ0v) is 12.5. The topological polar surface area (TPSA) is 46.2 Å². The van der Waals surface area contributed by atoms with Crippen molar-refractivity contribution in [3.05, 3.63) is 34.9 Å². The summed E-state index contributed by atoms with van der Waals surface area (Å²) in [7, 11) is 0. The highest BCUT2D eigenvalue weighted by Crippen LogP contribution is 2.13. The third-order valence-electron chi connectivity index (χ3n) is 2.78. The van der Waals surface area contributed by atoms with Gasteiger partial charge in [0.05, 0.1) is 0 Å². The van der Waals surface area contributed by atoms with Crippen LogP contribution in [0.3, 0.4) is 0 Å². The second-order valence-electron chi connectivity index (χ2n) is 6.04. The molecule has 0 heterocycles. The van der Waals surface area contributed by atoms with Crippen molar-refractivity contribution in [3.8, 4) is 0 Å². The monoisotopic (exact) mass is 261 g/mol. The Labute approximate surface area is 115 Å². The molecule has 1 aromatic carbocycles. The molecule has 0 radical (unpaired) electrons. The minimum Gasteiger partial charge on any atom is -0.351 e. The van der Waals surface area contributed by atoms with Crippen LogP contribution in [0.1, 0.15) is 55.1 Å². The van der Waals surface area contributed by atoms with Crippen LogP contribution < -0.4 is 5.32 Å². The van der Waals surface area contributed by atoms with Gasteiger partial charge in [0.15, 0.2) is 5.78 Å². The van der Waals surface area contributed by atoms with Gasteiger partial charge in [-0.1, -0.05) is 23.8 Å². The Morgan fingerprint density at radius 3 is 2.26 bits per heavy atom. The van der Waals surface area contributed by atoms with Crippen molar-refractivity contribution in [1.82, 2.24) is 5.32 Å². The molecular formula is C16H23NO2. The second kappa shape index (κ2) is 6.00. The number of amides is 1. The van der Waals surface area contributed by atoms with Gasteiger partial charge in [-0.15, -0.1) is 0 Å². The largest absolute Gasteiger partial charge is 0.351 e. The molecule has 1 rings (SSSR count). The molecule has 19 heavy (non-hydrogen) atoms. The van der Waals surface area contributed by atoms with Gasteiger partial charge in [0.1, 0.15) is 0 Å². The average Bonchev–Trinajstić information content (AvgIpc) is 2.23. The highest BCUT2D eigenvalue weighted by Gasteiger charge is 2.16. The molecule has 3 nitrogen and oxygen atoms in total. The first-order valence-electron chi connectivity index (χ1n) is 6.60. The molecule has 0 bridgehead atoms. The van der Waals surface area contributed by atoms with Crippen molar-refractivity contribution >= 4 is 11.7 Å². The Kier molecular flexibility index (Phi) is 4.87. The predicted molar refractivity (Wildman–Crippen MR) is 77.4 cm³/mol. The van der Waals surface area contributed by atoms with Crippen molar-refractivity contribution in [2.24, 2.45) is 0 Å². The van der Waals surface area contributed by atoms with E-state index in [9.17, 15) is 9.59 Å². The SMILES string of the molecule is Cc1ccc(C(=O)CCC(=O)NC(C)(C)C)c(C)c1. The van der Waals surface area contributed by atoms with Crippen molar-refractivity contribution in [2.45, 2.75) is 53.0 Å². The van der Waals surface area contributed by atoms with Crippen LogP contribution in [0.2, 0.25) is 0 Å². The van der Waals surface area contributed by atoms with Crippen molar-refractivity contribution in [1.29, 1.82) is 0 Å². The van der Waals surface area contributed by atoms with Gasteiger partial charge in [0, 0.05) is 23.9 Å². The van der Waals surface area contributed by atoms with E-state index >= 15 is 0 Å². The Balaban J connectivity index is 2.59. The molecule has 0 atom stereocenters. The maximum Gasteiger partial charge on any atom is 0.220 e. The summed E-state index contributed by atoms with van der Waals surface area (Å²) in [6, 6.07) is 5.76. The predicted octanol–water partition coefficient (Wildman–Crippen LogP) is 3.18. The number of rotatable bonds is 4. The third kappa shape index (κ3) is 5.25. The van der Waals surface area contributed by atoms with E-state index in [1.165, 1.54) is 0 Å². The average molecular weight is 261 g/mol. The minimum absolute atomic E-state index is 0.0292. The first-order chi connectivity index (χ1) is 8.69. The molecular weight excluding hydrogens is 238 g/mol. The summed E-state index contributed by atoms with van der Waals surface area (Å²) in [5, 5.41) is 2.86. The number of carbonyl (C=O) groups is 2. The molecule has 0 unspecified atom stereocenters. The summed E-state index contributed by atoms with van der Waals surface area (Å²) < 4.78 is 0. The van der Waals surface area contributed by atoms with Crippen LogP contribution in [-0.2, 0) is 4.79 Å². The summed E-state index contributed by atoms with van der Waals surface area (Å²) in [5.41, 5.74) is 2.58. The maximum absolute atomic E-state index is 12.1. The van der Waals surface area contributed by atoms with E-state index in [0.717, 1.165) is 11.1 Å². The van der Waals surface area contributed by atoms with Gasteiger partial charge in [-0.05, 0) is 40.2 Å². The Morgan fingerprint density at radius 2 is 1.74 bits per heavy atom. The van der Waals surface area contributed by atoms with Gasteiger partial charge in [0.2, 0.25) is 5.91 Å². The van der Waals surface area contributed by atoms with Crippen LogP contribution in [0.4, 0.5) is 0 Å². The molecule has 1 aromatic rings. The Bertz CT molecular complexity index is 484. The lowest BCUT2D eigenvalue weighted by molar-refractivity contribution is -0.122. The van der Waals surface area contributed by atoms with E-state index in [1.807, 2.05) is 52.8 Å². The van der Waals surface area contributed by atoms with Crippen molar-refractivity contribution in [2.75, 3.05) is 0 Å². The molecule has 0 aliphatic rings. The smallest absolute Gasteiger partial charge is 0.220 e. The molecule has 104 valence electrons. The van der Waals surface area contributed by atoms with Crippen molar-refractivity contribution in [3.63, 3.8) is 0 Å². The van der Waals surface area contributed by atoms with Crippen LogP contribution in [0.15, 0.2) is 18.2 Å². The molecule has 0 spiro atoms. The number of hydrogen-bond acceptors (Lipinski definition) is 2. The molecule has 0 aliphatic heterocycles. The fourth-order valence-electron chi connectivity index (χ4n) is 1.97. The summed E-state index contributed by atoms with van der Waals surface area (Å²) in [4.78, 5) is 23.7. The number of ketones is 1. The quantitative estimate of drug-likeness (QED) is 0.846. The second-order valence-corrected chi connectivity index (χ2v) is 6.04. The Morgan fingerprint density at radius 1 is 1.11 bits per heavy atom. The molecule has 1 amide bonds. The van der Waals surface area contributed by atoms with E-state index < -0.39 is 0 Å². The molecule has 0 aliphatic carbocycles. The van der Waals surface area contributed by atoms with E-state index in [-0.39, 0.29) is 30.1 Å². The van der Waals surface area contributed by atoms with Gasteiger partial charge in [-0.2, -0.15) is 0 Å². The number of aryl methyl sites for hydroxylation is 2. The van der Waals surface area contributed by atoms with Crippen LogP contribution in [0.25, 0.3) is 0 Å². The minimum atomic E-state index is -0.250. The zero-order valence-electron chi connectivity index (χ0n) is 12.5. The molecule has 0 saturated carbocycles. The lowest BCUT2D eigenvalue weighted by Crippen LogP contribution is -2.40. The van der Waals surface area contributed by atoms with Crippen LogP contribution >= 0.6 is 0 Å². The molecule has 1 N–H and O–H groups in total. The normalized spacial score (nSPS) is 11.2. The zero-order chi connectivity index (χ0) is 14.6. The third-order valence-corrected chi connectivity index (χ3v) is 2.78. The van der Waals surface area contributed by atoms with Gasteiger partial charge in [-0.3, -0.25) is 9.59 Å². The van der Waals surface area contributed by atoms with Crippen LogP contribution in [0.5, 0.6) is 0 Å². The summed E-state index contributed by atoms with van der Waals surface area (Å²) >= 11 is 0. The lowest BCUT2D eigenvalue weighted by atomic mass is 9.99.